The lowest BCUT2D eigenvalue weighted by atomic mass is 9.47. The number of nitrogens with zero attached hydrogens (tertiary/aromatic N) is 4. The van der Waals surface area contributed by atoms with Crippen LogP contribution in [0.3, 0.4) is 0 Å². The van der Waals surface area contributed by atoms with E-state index in [-0.39, 0.29) is 49.9 Å². The molecule has 0 spiro atoms. The predicted octanol–water partition coefficient (Wildman–Crippen LogP) is -1.65. The molecule has 2 aromatic rings. The van der Waals surface area contributed by atoms with E-state index < -0.39 is 12.5 Å². The maximum Gasteiger partial charge on any atom is 0.244 e. The zero-order chi connectivity index (χ0) is 22.2. The van der Waals surface area contributed by atoms with Crippen molar-refractivity contribution >= 4 is 18.4 Å². The molecule has 0 radical (unpaired) electrons. The zero-order valence-corrected chi connectivity index (χ0v) is 17.2. The number of nitrogens with one attached hydrogen (secondary N) is 1. The topological polar surface area (TPSA) is 153 Å². The van der Waals surface area contributed by atoms with Gasteiger partial charge >= 0.3 is 0 Å². The van der Waals surface area contributed by atoms with Crippen molar-refractivity contribution in [3.63, 3.8) is 0 Å². The van der Waals surface area contributed by atoms with E-state index in [1.54, 1.807) is 30.3 Å². The molecule has 1 aromatic carbocycles. The lowest BCUT2D eigenvalue weighted by Crippen LogP contribution is -2.57. The van der Waals surface area contributed by atoms with Crippen molar-refractivity contribution in [2.75, 3.05) is 20.1 Å². The minimum absolute atomic E-state index is 0. The fourth-order valence-corrected chi connectivity index (χ4v) is 4.13. The van der Waals surface area contributed by atoms with Gasteiger partial charge in [0.1, 0.15) is 18.4 Å². The van der Waals surface area contributed by atoms with E-state index in [1.165, 1.54) is 4.68 Å². The maximum atomic E-state index is 12.5. The largest absolute Gasteiger partial charge is 0.583 e. The molecule has 12 heteroatoms. The third-order valence-corrected chi connectivity index (χ3v) is 5.82. The van der Waals surface area contributed by atoms with E-state index in [2.05, 4.69) is 15.6 Å². The number of aryl methyl sites for hydroxylation is 1. The van der Waals surface area contributed by atoms with Gasteiger partial charge < -0.3 is 34.9 Å². The molecule has 174 valence electrons. The summed E-state index contributed by atoms with van der Waals surface area (Å²) in [5, 5.41) is 42.6. The summed E-state index contributed by atoms with van der Waals surface area (Å²) in [6, 6.07) is 3.32. The van der Waals surface area contributed by atoms with Crippen LogP contribution in [-0.2, 0) is 30.6 Å². The van der Waals surface area contributed by atoms with E-state index in [0.29, 0.717) is 31.6 Å². The van der Waals surface area contributed by atoms with Crippen molar-refractivity contribution in [1.82, 2.24) is 25.2 Å². The van der Waals surface area contributed by atoms with Gasteiger partial charge in [-0.25, -0.2) is 4.68 Å². The highest BCUT2D eigenvalue weighted by atomic mass is 16.5. The van der Waals surface area contributed by atoms with Crippen LogP contribution in [0.4, 0.5) is 0 Å². The number of carbonyl (C=O) groups is 2. The van der Waals surface area contributed by atoms with Crippen molar-refractivity contribution in [2.24, 2.45) is 0 Å². The fourth-order valence-electron chi connectivity index (χ4n) is 4.13. The number of carbonyl (C=O) groups excluding carboxylic acids is 2. The summed E-state index contributed by atoms with van der Waals surface area (Å²) < 4.78 is 7.37. The van der Waals surface area contributed by atoms with Gasteiger partial charge in [0, 0.05) is 12.1 Å². The normalized spacial score (nSPS) is 17.2. The van der Waals surface area contributed by atoms with E-state index in [9.17, 15) is 24.7 Å². The van der Waals surface area contributed by atoms with Crippen molar-refractivity contribution in [3.05, 3.63) is 40.7 Å². The minimum atomic E-state index is -2.63. The van der Waals surface area contributed by atoms with Gasteiger partial charge in [-0.15, -0.1) is 17.7 Å². The molecule has 0 unspecified atom stereocenters. The Kier molecular flexibility index (Phi) is 6.87. The van der Waals surface area contributed by atoms with Gasteiger partial charge in [-0.1, -0.05) is 30.7 Å². The molecule has 0 bridgehead atoms. The Bertz CT molecular complexity index is 1000. The molecule has 1 fully saturated rings. The molecule has 11 nitrogen and oxygen atoms in total. The van der Waals surface area contributed by atoms with Gasteiger partial charge in [0.05, 0.1) is 30.9 Å². The number of ether oxygens (including phenoxy) is 1. The first kappa shape index (κ1) is 23.7. The lowest BCUT2D eigenvalue weighted by molar-refractivity contribution is -0.255. The summed E-state index contributed by atoms with van der Waals surface area (Å²) in [7, 11) is 1.79. The molecule has 32 heavy (non-hydrogen) atoms. The van der Waals surface area contributed by atoms with Crippen molar-refractivity contribution in [1.29, 1.82) is 0 Å². The van der Waals surface area contributed by atoms with Crippen LogP contribution in [-0.4, -0.2) is 74.6 Å². The summed E-state index contributed by atoms with van der Waals surface area (Å²) in [5.74, 6) is -1.44. The van der Waals surface area contributed by atoms with Gasteiger partial charge in [0.2, 0.25) is 12.5 Å². The molecule has 2 aliphatic rings. The summed E-state index contributed by atoms with van der Waals surface area (Å²) in [4.78, 5) is 25.9. The van der Waals surface area contributed by atoms with Crippen molar-refractivity contribution < 1.29 is 29.5 Å². The van der Waals surface area contributed by atoms with E-state index in [0.717, 1.165) is 11.3 Å². The number of carboxylic acids is 1. The average molecular weight is 445 g/mol. The number of aromatic nitrogens is 3. The Balaban J connectivity index is 0.00000289. The highest BCUT2D eigenvalue weighted by Gasteiger charge is 2.34. The van der Waals surface area contributed by atoms with Crippen LogP contribution in [0.2, 0.25) is 6.32 Å². The Morgan fingerprint density at radius 1 is 1.34 bits per heavy atom. The molecule has 1 saturated heterocycles. The lowest BCUT2D eigenvalue weighted by Gasteiger charge is -2.40. The van der Waals surface area contributed by atoms with Crippen LogP contribution in [0.1, 0.15) is 34.6 Å². The molecule has 1 amide bonds. The molecule has 0 atom stereocenters. The third kappa shape index (κ3) is 4.77. The summed E-state index contributed by atoms with van der Waals surface area (Å²) >= 11 is 0. The van der Waals surface area contributed by atoms with Crippen LogP contribution in [0, 0.1) is 0 Å². The number of amides is 1. The second-order valence-corrected chi connectivity index (χ2v) is 8.19. The second kappa shape index (κ2) is 9.27. The Labute approximate surface area is 186 Å². The quantitative estimate of drug-likeness (QED) is 0.426. The standard InChI is InChI=1S/C19H25BN5O6.CH4/c1-21-7-13-8-22-23-25(13)11-17(26)24-9-14(10-24)31-16-3-2-12-4-5-20(29,30)6-15(12)18(16)19(27)28;/h2-3,8,14,21,29-30H,4-7,9-11H2,1H3,(H,27,28);1H4/q-1;/p-1. The first-order chi connectivity index (χ1) is 14.8. The number of fused-ring (bicyclic) bond motifs is 1. The van der Waals surface area contributed by atoms with Gasteiger partial charge in [-0.05, 0) is 18.7 Å². The van der Waals surface area contributed by atoms with Crippen LogP contribution in [0.5, 0.6) is 5.75 Å². The first-order valence-corrected chi connectivity index (χ1v) is 10.2. The van der Waals surface area contributed by atoms with Crippen molar-refractivity contribution in [2.45, 2.75) is 45.7 Å². The number of hydrogen-bond donors (Lipinski definition) is 3. The molecule has 1 aromatic heterocycles. The fraction of sp³-hybridized carbons (Fsp3) is 0.500. The van der Waals surface area contributed by atoms with E-state index >= 15 is 0 Å². The Hall–Kier alpha value is -2.96. The Morgan fingerprint density at radius 3 is 2.78 bits per heavy atom. The number of aromatic carboxylic acids is 1. The van der Waals surface area contributed by atoms with Crippen LogP contribution < -0.4 is 15.2 Å². The minimum Gasteiger partial charge on any atom is -0.583 e. The van der Waals surface area contributed by atoms with E-state index in [4.69, 9.17) is 4.74 Å². The van der Waals surface area contributed by atoms with Crippen LogP contribution >= 0.6 is 0 Å². The molecule has 0 aliphatic carbocycles. The molecular formula is C20H28BN5O6-2. The van der Waals surface area contributed by atoms with Gasteiger partial charge in [-0.3, -0.25) is 4.79 Å². The second-order valence-electron chi connectivity index (χ2n) is 8.19. The molecule has 4 rings (SSSR count). The van der Waals surface area contributed by atoms with Crippen molar-refractivity contribution in [3.8, 4) is 5.75 Å². The van der Waals surface area contributed by atoms with Crippen LogP contribution in [0.25, 0.3) is 0 Å². The summed E-state index contributed by atoms with van der Waals surface area (Å²) in [5.41, 5.74) is 1.75. The number of likely N-dealkylation sites (tertiary alicyclic amines) is 1. The zero-order valence-electron chi connectivity index (χ0n) is 17.2. The maximum absolute atomic E-state index is 12.5. The van der Waals surface area contributed by atoms with Gasteiger partial charge in [0.25, 0.3) is 0 Å². The van der Waals surface area contributed by atoms with Gasteiger partial charge in [-0.2, -0.15) is 0 Å². The van der Waals surface area contributed by atoms with Gasteiger partial charge in [0.15, 0.2) is 0 Å². The number of rotatable bonds is 7. The SMILES string of the molecule is C.CNCc1cnnn1CC(=O)N1CC(Oc2ccc3c(c2C(=O)[O-])C[B-](O)(O)CC3)C1. The number of benzene rings is 1. The van der Waals surface area contributed by atoms with Crippen LogP contribution in [0.15, 0.2) is 18.3 Å². The summed E-state index contributed by atoms with van der Waals surface area (Å²) in [6.07, 6.45) is 1.67. The molecule has 3 heterocycles. The third-order valence-electron chi connectivity index (χ3n) is 5.82. The number of hydrogen-bond acceptors (Lipinski definition) is 9. The highest BCUT2D eigenvalue weighted by molar-refractivity contribution is 6.64. The molecular weight excluding hydrogens is 417 g/mol. The molecule has 0 saturated carbocycles. The first-order valence-electron chi connectivity index (χ1n) is 10.2. The average Bonchev–Trinajstić information content (AvgIpc) is 3.09. The monoisotopic (exact) mass is 445 g/mol. The Morgan fingerprint density at radius 2 is 2.09 bits per heavy atom. The predicted molar refractivity (Wildman–Crippen MR) is 114 cm³/mol. The smallest absolute Gasteiger partial charge is 0.244 e. The number of carboxylic acid groups (broad SMARTS) is 1. The highest BCUT2D eigenvalue weighted by Crippen LogP contribution is 2.34. The molecule has 3 N–H and O–H groups in total. The molecule has 2 aliphatic heterocycles. The van der Waals surface area contributed by atoms with E-state index in [1.807, 2.05) is 0 Å². The summed E-state index contributed by atoms with van der Waals surface area (Å²) in [6.45, 7) is -1.41.